The molecule has 3 atom stereocenters. The van der Waals surface area contributed by atoms with Gasteiger partial charge in [-0.05, 0) is 39.5 Å². The summed E-state index contributed by atoms with van der Waals surface area (Å²) in [4.78, 5) is 0. The Bertz CT molecular complexity index is 263. The highest BCUT2D eigenvalue weighted by Gasteiger charge is 2.49. The van der Waals surface area contributed by atoms with Crippen molar-refractivity contribution in [3.63, 3.8) is 0 Å². The van der Waals surface area contributed by atoms with Crippen molar-refractivity contribution in [2.24, 2.45) is 0 Å². The van der Waals surface area contributed by atoms with Gasteiger partial charge in [-0.25, -0.2) is 0 Å². The number of fused-ring (bicyclic) bond motifs is 2. The van der Waals surface area contributed by atoms with Crippen LogP contribution in [0.15, 0.2) is 12.7 Å². The van der Waals surface area contributed by atoms with Gasteiger partial charge in [0.15, 0.2) is 0 Å². The Labute approximate surface area is 99.0 Å². The van der Waals surface area contributed by atoms with Crippen LogP contribution in [0, 0.1) is 0 Å². The van der Waals surface area contributed by atoms with Crippen molar-refractivity contribution in [3.8, 4) is 0 Å². The number of ether oxygens (including phenoxy) is 2. The first-order valence-corrected chi connectivity index (χ1v) is 6.54. The molecule has 2 heterocycles. The first kappa shape index (κ1) is 12.1. The lowest BCUT2D eigenvalue weighted by Gasteiger charge is -2.53. The van der Waals surface area contributed by atoms with E-state index >= 15 is 0 Å². The summed E-state index contributed by atoms with van der Waals surface area (Å²) in [5, 5.41) is 0. The SMILES string of the molecule is C=CC[C@]12CCC[C@](C)(C[C@@H](OCC)C1)O2. The highest BCUT2D eigenvalue weighted by molar-refractivity contribution is 5.02. The van der Waals surface area contributed by atoms with Crippen molar-refractivity contribution in [2.45, 2.75) is 69.7 Å². The normalized spacial score (nSPS) is 43.0. The molecule has 2 aliphatic rings. The molecule has 0 N–H and O–H groups in total. The summed E-state index contributed by atoms with van der Waals surface area (Å²) in [5.74, 6) is 0. The first-order chi connectivity index (χ1) is 7.61. The summed E-state index contributed by atoms with van der Waals surface area (Å²) in [7, 11) is 0. The Hall–Kier alpha value is -0.340. The fraction of sp³-hybridized carbons (Fsp3) is 0.857. The van der Waals surface area contributed by atoms with E-state index in [0.29, 0.717) is 6.10 Å². The van der Waals surface area contributed by atoms with Crippen LogP contribution in [0.5, 0.6) is 0 Å². The third kappa shape index (κ3) is 2.33. The van der Waals surface area contributed by atoms with E-state index in [9.17, 15) is 0 Å². The predicted molar refractivity (Wildman–Crippen MR) is 65.5 cm³/mol. The third-order valence-corrected chi connectivity index (χ3v) is 3.98. The number of rotatable bonds is 4. The zero-order valence-corrected chi connectivity index (χ0v) is 10.6. The fourth-order valence-electron chi connectivity index (χ4n) is 3.51. The molecular formula is C14H24O2. The van der Waals surface area contributed by atoms with Gasteiger partial charge in [-0.15, -0.1) is 6.58 Å². The molecule has 2 nitrogen and oxygen atoms in total. The Morgan fingerprint density at radius 1 is 1.44 bits per heavy atom. The highest BCUT2D eigenvalue weighted by Crippen LogP contribution is 2.48. The molecule has 0 aliphatic carbocycles. The van der Waals surface area contributed by atoms with Crippen LogP contribution in [-0.2, 0) is 9.47 Å². The van der Waals surface area contributed by atoms with Gasteiger partial charge in [0, 0.05) is 19.4 Å². The van der Waals surface area contributed by atoms with Gasteiger partial charge in [0.1, 0.15) is 0 Å². The Morgan fingerprint density at radius 2 is 2.25 bits per heavy atom. The third-order valence-electron chi connectivity index (χ3n) is 3.98. The zero-order valence-electron chi connectivity index (χ0n) is 10.6. The Morgan fingerprint density at radius 3 is 2.94 bits per heavy atom. The van der Waals surface area contributed by atoms with Crippen molar-refractivity contribution in [3.05, 3.63) is 12.7 Å². The van der Waals surface area contributed by atoms with Gasteiger partial charge in [0.25, 0.3) is 0 Å². The zero-order chi connectivity index (χ0) is 11.6. The molecule has 2 saturated heterocycles. The topological polar surface area (TPSA) is 18.5 Å². The van der Waals surface area contributed by atoms with E-state index in [1.807, 2.05) is 6.08 Å². The van der Waals surface area contributed by atoms with Gasteiger partial charge in [0.05, 0.1) is 17.3 Å². The lowest BCUT2D eigenvalue weighted by atomic mass is 9.73. The second kappa shape index (κ2) is 4.50. The maximum absolute atomic E-state index is 6.36. The second-order valence-corrected chi connectivity index (χ2v) is 5.57. The minimum atomic E-state index is 0.0207. The van der Waals surface area contributed by atoms with E-state index in [-0.39, 0.29) is 11.2 Å². The van der Waals surface area contributed by atoms with E-state index in [4.69, 9.17) is 9.47 Å². The summed E-state index contributed by atoms with van der Waals surface area (Å²) in [6, 6.07) is 0. The van der Waals surface area contributed by atoms with Gasteiger partial charge in [0.2, 0.25) is 0 Å². The van der Waals surface area contributed by atoms with E-state index in [0.717, 1.165) is 32.3 Å². The van der Waals surface area contributed by atoms with Crippen molar-refractivity contribution >= 4 is 0 Å². The second-order valence-electron chi connectivity index (χ2n) is 5.57. The molecule has 0 aromatic carbocycles. The van der Waals surface area contributed by atoms with E-state index in [1.165, 1.54) is 12.8 Å². The van der Waals surface area contributed by atoms with Crippen molar-refractivity contribution in [1.29, 1.82) is 0 Å². The molecule has 0 unspecified atom stereocenters. The minimum absolute atomic E-state index is 0.0207. The average Bonchev–Trinajstić information content (AvgIpc) is 2.15. The van der Waals surface area contributed by atoms with E-state index in [1.54, 1.807) is 0 Å². The molecule has 0 radical (unpaired) electrons. The van der Waals surface area contributed by atoms with Crippen molar-refractivity contribution in [1.82, 2.24) is 0 Å². The summed E-state index contributed by atoms with van der Waals surface area (Å²) >= 11 is 0. The fourth-order valence-corrected chi connectivity index (χ4v) is 3.51. The number of hydrogen-bond donors (Lipinski definition) is 0. The Balaban J connectivity index is 2.14. The molecule has 0 amide bonds. The lowest BCUT2D eigenvalue weighted by molar-refractivity contribution is -0.241. The van der Waals surface area contributed by atoms with Crippen LogP contribution in [0.4, 0.5) is 0 Å². The van der Waals surface area contributed by atoms with Gasteiger partial charge in [-0.3, -0.25) is 0 Å². The smallest absolute Gasteiger partial charge is 0.0748 e. The van der Waals surface area contributed by atoms with E-state index < -0.39 is 0 Å². The van der Waals surface area contributed by atoms with Gasteiger partial charge in [-0.1, -0.05) is 6.08 Å². The molecule has 2 rings (SSSR count). The van der Waals surface area contributed by atoms with Crippen LogP contribution in [-0.4, -0.2) is 23.9 Å². The van der Waals surface area contributed by atoms with Crippen LogP contribution in [0.1, 0.15) is 52.4 Å². The van der Waals surface area contributed by atoms with Gasteiger partial charge < -0.3 is 9.47 Å². The molecule has 0 aromatic rings. The molecule has 2 aliphatic heterocycles. The maximum Gasteiger partial charge on any atom is 0.0748 e. The quantitative estimate of drug-likeness (QED) is 0.681. The molecule has 16 heavy (non-hydrogen) atoms. The molecule has 92 valence electrons. The molecule has 2 fully saturated rings. The summed E-state index contributed by atoms with van der Waals surface area (Å²) in [6.07, 6.45) is 9.06. The summed E-state index contributed by atoms with van der Waals surface area (Å²) in [6.45, 7) is 9.00. The lowest BCUT2D eigenvalue weighted by Crippen LogP contribution is -2.55. The highest BCUT2D eigenvalue weighted by atomic mass is 16.5. The van der Waals surface area contributed by atoms with Gasteiger partial charge in [-0.2, -0.15) is 0 Å². The Kier molecular flexibility index (Phi) is 3.41. The predicted octanol–water partition coefficient (Wildman–Crippen LogP) is 3.46. The monoisotopic (exact) mass is 224 g/mol. The largest absolute Gasteiger partial charge is 0.378 e. The molecule has 0 spiro atoms. The van der Waals surface area contributed by atoms with Crippen LogP contribution < -0.4 is 0 Å². The van der Waals surface area contributed by atoms with Crippen LogP contribution >= 0.6 is 0 Å². The van der Waals surface area contributed by atoms with Crippen LogP contribution in [0.25, 0.3) is 0 Å². The van der Waals surface area contributed by atoms with E-state index in [2.05, 4.69) is 20.4 Å². The molecule has 0 saturated carbocycles. The van der Waals surface area contributed by atoms with Crippen molar-refractivity contribution in [2.75, 3.05) is 6.61 Å². The van der Waals surface area contributed by atoms with Crippen LogP contribution in [0.2, 0.25) is 0 Å². The van der Waals surface area contributed by atoms with Crippen LogP contribution in [0.3, 0.4) is 0 Å². The summed E-state index contributed by atoms with van der Waals surface area (Å²) in [5.41, 5.74) is 0.0617. The standard InChI is InChI=1S/C14H24O2/c1-4-7-14-9-6-8-13(3,16-14)10-12(11-14)15-5-2/h4,12H,1,5-11H2,2-3H3/t12-,13-,14+/m1/s1. The summed E-state index contributed by atoms with van der Waals surface area (Å²) < 4.78 is 12.2. The average molecular weight is 224 g/mol. The number of hydrogen-bond acceptors (Lipinski definition) is 2. The molecule has 0 aromatic heterocycles. The molecule has 2 heteroatoms. The van der Waals surface area contributed by atoms with Gasteiger partial charge >= 0.3 is 0 Å². The maximum atomic E-state index is 6.36. The molecule has 2 bridgehead atoms. The first-order valence-electron chi connectivity index (χ1n) is 6.54. The van der Waals surface area contributed by atoms with Crippen molar-refractivity contribution < 1.29 is 9.47 Å². The minimum Gasteiger partial charge on any atom is -0.378 e. The molecular weight excluding hydrogens is 200 g/mol.